The number of hydrogen-bond acceptors (Lipinski definition) is 7. The van der Waals surface area contributed by atoms with Gasteiger partial charge in [0.2, 0.25) is 17.7 Å². The summed E-state index contributed by atoms with van der Waals surface area (Å²) in [5.41, 5.74) is 6.10. The van der Waals surface area contributed by atoms with Crippen molar-refractivity contribution >= 4 is 20.0 Å². The number of hydrogen-bond donors (Lipinski definition) is 2. The van der Waals surface area contributed by atoms with Crippen molar-refractivity contribution in [3.8, 4) is 11.8 Å². The number of aromatic nitrogens is 2. The van der Waals surface area contributed by atoms with Crippen molar-refractivity contribution in [2.24, 2.45) is 0 Å². The lowest BCUT2D eigenvalue weighted by atomic mass is 10.2. The summed E-state index contributed by atoms with van der Waals surface area (Å²) in [6, 6.07) is 0. The fourth-order valence-electron chi connectivity index (χ4n) is 1.51. The molecule has 7 nitrogen and oxygen atoms in total. The van der Waals surface area contributed by atoms with Gasteiger partial charge in [-0.3, -0.25) is 0 Å². The minimum atomic E-state index is -1.74. The predicted molar refractivity (Wildman–Crippen MR) is 91.2 cm³/mol. The van der Waals surface area contributed by atoms with Gasteiger partial charge < -0.3 is 25.0 Å². The van der Waals surface area contributed by atoms with E-state index in [4.69, 9.17) is 19.6 Å². The quantitative estimate of drug-likeness (QED) is 0.587. The molecule has 8 heteroatoms. The first-order chi connectivity index (χ1) is 10.1. The zero-order chi connectivity index (χ0) is 17.0. The largest absolute Gasteiger partial charge is 0.479 e. The number of anilines is 2. The molecule has 0 fully saturated rings. The summed E-state index contributed by atoms with van der Waals surface area (Å²) in [4.78, 5) is 8.38. The van der Waals surface area contributed by atoms with Gasteiger partial charge in [-0.2, -0.15) is 9.97 Å². The normalized spacial score (nSPS) is 12.1. The summed E-state index contributed by atoms with van der Waals surface area (Å²) in [7, 11) is 1.27. The minimum Gasteiger partial charge on any atom is -0.479 e. The van der Waals surface area contributed by atoms with Crippen LogP contribution in [0, 0.1) is 0 Å². The van der Waals surface area contributed by atoms with E-state index in [9.17, 15) is 0 Å². The highest BCUT2D eigenvalue weighted by Gasteiger charge is 2.36. The van der Waals surface area contributed by atoms with Crippen molar-refractivity contribution in [1.82, 2.24) is 9.97 Å². The highest BCUT2D eigenvalue weighted by atomic mass is 28.4. The molecule has 1 rings (SSSR count). The van der Waals surface area contributed by atoms with E-state index >= 15 is 0 Å². The molecule has 1 heterocycles. The molecule has 0 aliphatic rings. The molecular formula is C14H28N4O3Si. The third-order valence-electron chi connectivity index (χ3n) is 3.92. The summed E-state index contributed by atoms with van der Waals surface area (Å²) in [6.07, 6.45) is 0. The van der Waals surface area contributed by atoms with Gasteiger partial charge in [-0.05, 0) is 18.1 Å². The topological polar surface area (TPSA) is 91.5 Å². The summed E-state index contributed by atoms with van der Waals surface area (Å²) in [6.45, 7) is 12.3. The fourth-order valence-corrected chi connectivity index (χ4v) is 2.55. The van der Waals surface area contributed by atoms with Crippen LogP contribution in [0.2, 0.25) is 18.1 Å². The molecule has 0 unspecified atom stereocenters. The van der Waals surface area contributed by atoms with Gasteiger partial charge in [-0.25, -0.2) is 0 Å². The second kappa shape index (κ2) is 7.15. The standard InChI is InChI=1S/C14H28N4O3Si/c1-14(2,3)22(6,7)21-9-8-16-13-17-11(19-4)10(15)12(18-13)20-5/h8-9,15H2,1-7H3,(H,16,17,18). The molecule has 0 atom stereocenters. The van der Waals surface area contributed by atoms with Crippen molar-refractivity contribution in [2.45, 2.75) is 38.9 Å². The summed E-state index contributed by atoms with van der Waals surface area (Å²) < 4.78 is 16.3. The number of ether oxygens (including phenoxy) is 2. The van der Waals surface area contributed by atoms with Gasteiger partial charge in [-0.1, -0.05) is 20.8 Å². The van der Waals surface area contributed by atoms with Gasteiger partial charge in [0.25, 0.3) is 0 Å². The van der Waals surface area contributed by atoms with Crippen LogP contribution in [0.15, 0.2) is 0 Å². The molecule has 0 amide bonds. The number of nitrogens with two attached hydrogens (primary N) is 1. The van der Waals surface area contributed by atoms with Gasteiger partial charge in [0.1, 0.15) is 0 Å². The van der Waals surface area contributed by atoms with Crippen LogP contribution in [0.5, 0.6) is 11.8 Å². The van der Waals surface area contributed by atoms with E-state index in [0.29, 0.717) is 30.9 Å². The smallest absolute Gasteiger partial charge is 0.245 e. The summed E-state index contributed by atoms with van der Waals surface area (Å²) in [5.74, 6) is 0.987. The van der Waals surface area contributed by atoms with Crippen molar-refractivity contribution in [2.75, 3.05) is 38.4 Å². The van der Waals surface area contributed by atoms with Gasteiger partial charge in [-0.15, -0.1) is 0 Å². The second-order valence-corrected chi connectivity index (χ2v) is 11.3. The molecule has 0 saturated carbocycles. The van der Waals surface area contributed by atoms with E-state index < -0.39 is 8.32 Å². The van der Waals surface area contributed by atoms with E-state index in [1.165, 1.54) is 14.2 Å². The summed E-state index contributed by atoms with van der Waals surface area (Å²) >= 11 is 0. The zero-order valence-corrected chi connectivity index (χ0v) is 15.6. The lowest BCUT2D eigenvalue weighted by Crippen LogP contribution is -2.41. The molecule has 0 aliphatic carbocycles. The van der Waals surface area contributed by atoms with E-state index in [1.807, 2.05) is 0 Å². The number of rotatable bonds is 7. The van der Waals surface area contributed by atoms with E-state index in [-0.39, 0.29) is 10.7 Å². The highest BCUT2D eigenvalue weighted by molar-refractivity contribution is 6.74. The number of nitrogen functional groups attached to an aromatic ring is 1. The first kappa shape index (κ1) is 18.5. The Hall–Kier alpha value is -1.54. The molecule has 0 radical (unpaired) electrons. The molecule has 0 bridgehead atoms. The lowest BCUT2D eigenvalue weighted by molar-refractivity contribution is 0.301. The third kappa shape index (κ3) is 4.47. The van der Waals surface area contributed by atoms with Crippen LogP contribution < -0.4 is 20.5 Å². The number of nitrogens with zero attached hydrogens (tertiary/aromatic N) is 2. The van der Waals surface area contributed by atoms with Crippen LogP contribution >= 0.6 is 0 Å². The van der Waals surface area contributed by atoms with Crippen molar-refractivity contribution in [3.05, 3.63) is 0 Å². The average Bonchev–Trinajstić information content (AvgIpc) is 2.43. The highest BCUT2D eigenvalue weighted by Crippen LogP contribution is 2.36. The van der Waals surface area contributed by atoms with Crippen LogP contribution in [-0.4, -0.2) is 45.7 Å². The Bertz CT molecular complexity index is 478. The predicted octanol–water partition coefficient (Wildman–Crippen LogP) is 2.51. The Morgan fingerprint density at radius 1 is 1.09 bits per heavy atom. The monoisotopic (exact) mass is 328 g/mol. The Morgan fingerprint density at radius 3 is 2.00 bits per heavy atom. The third-order valence-corrected chi connectivity index (χ3v) is 8.45. The van der Waals surface area contributed by atoms with Crippen LogP contribution in [0.1, 0.15) is 20.8 Å². The number of methoxy groups -OCH3 is 2. The van der Waals surface area contributed by atoms with Crippen molar-refractivity contribution in [1.29, 1.82) is 0 Å². The van der Waals surface area contributed by atoms with Crippen molar-refractivity contribution < 1.29 is 13.9 Å². The second-order valence-electron chi connectivity index (χ2n) is 6.51. The molecule has 0 aliphatic heterocycles. The SMILES string of the molecule is COc1nc(NCCO[Si](C)(C)C(C)(C)C)nc(OC)c1N. The van der Waals surface area contributed by atoms with Gasteiger partial charge >= 0.3 is 0 Å². The first-order valence-electron chi connectivity index (χ1n) is 7.25. The molecule has 0 saturated heterocycles. The Balaban J connectivity index is 2.63. The maximum Gasteiger partial charge on any atom is 0.245 e. The molecule has 0 aromatic carbocycles. The average molecular weight is 328 g/mol. The van der Waals surface area contributed by atoms with E-state index in [2.05, 4.69) is 49.1 Å². The maximum absolute atomic E-state index is 6.09. The van der Waals surface area contributed by atoms with Gasteiger partial charge in [0.05, 0.1) is 20.8 Å². The number of nitrogens with one attached hydrogen (secondary N) is 1. The Labute approximate surface area is 133 Å². The van der Waals surface area contributed by atoms with Crippen LogP contribution in [0.25, 0.3) is 0 Å². The molecule has 22 heavy (non-hydrogen) atoms. The Kier molecular flexibility index (Phi) is 6.01. The van der Waals surface area contributed by atoms with Crippen molar-refractivity contribution in [3.63, 3.8) is 0 Å². The molecule has 1 aromatic rings. The molecule has 3 N–H and O–H groups in total. The van der Waals surface area contributed by atoms with E-state index in [0.717, 1.165) is 0 Å². The first-order valence-corrected chi connectivity index (χ1v) is 10.2. The van der Waals surface area contributed by atoms with Crippen LogP contribution in [-0.2, 0) is 4.43 Å². The summed E-state index contributed by atoms with van der Waals surface area (Å²) in [5, 5.41) is 3.30. The molecular weight excluding hydrogens is 300 g/mol. The minimum absolute atomic E-state index is 0.192. The lowest BCUT2D eigenvalue weighted by Gasteiger charge is -2.36. The fraction of sp³-hybridized carbons (Fsp3) is 0.714. The molecule has 0 spiro atoms. The molecule has 1 aromatic heterocycles. The van der Waals surface area contributed by atoms with Gasteiger partial charge in [0, 0.05) is 6.54 Å². The van der Waals surface area contributed by atoms with Gasteiger partial charge in [0.15, 0.2) is 14.0 Å². The molecule has 126 valence electrons. The van der Waals surface area contributed by atoms with Crippen LogP contribution in [0.4, 0.5) is 11.6 Å². The maximum atomic E-state index is 6.09. The van der Waals surface area contributed by atoms with E-state index in [1.54, 1.807) is 0 Å². The zero-order valence-electron chi connectivity index (χ0n) is 14.6. The Morgan fingerprint density at radius 2 is 1.59 bits per heavy atom. The van der Waals surface area contributed by atoms with Crippen LogP contribution in [0.3, 0.4) is 0 Å².